The average molecular weight is 265 g/mol. The van der Waals surface area contributed by atoms with Gasteiger partial charge >= 0.3 is 0 Å². The first-order valence-corrected chi connectivity index (χ1v) is 8.43. The molecule has 3 aliphatic rings. The van der Waals surface area contributed by atoms with E-state index in [0.29, 0.717) is 0 Å². The first-order valence-electron chi connectivity index (χ1n) is 8.43. The van der Waals surface area contributed by atoms with Crippen molar-refractivity contribution in [3.63, 3.8) is 0 Å². The van der Waals surface area contributed by atoms with E-state index in [1.165, 1.54) is 77.9 Å². The molecule has 0 spiro atoms. The van der Waals surface area contributed by atoms with E-state index in [-0.39, 0.29) is 0 Å². The third-order valence-electron chi connectivity index (χ3n) is 5.69. The summed E-state index contributed by atoms with van der Waals surface area (Å²) in [5.74, 6) is 3.01. The van der Waals surface area contributed by atoms with Crippen molar-refractivity contribution in [3.8, 4) is 0 Å². The first kappa shape index (κ1) is 13.8. The van der Waals surface area contributed by atoms with Crippen molar-refractivity contribution in [3.05, 3.63) is 0 Å². The van der Waals surface area contributed by atoms with Gasteiger partial charge in [-0.25, -0.2) is 0 Å². The maximum absolute atomic E-state index is 3.50. The number of rotatable bonds is 3. The molecular formula is C16H31N3. The molecule has 19 heavy (non-hydrogen) atoms. The Morgan fingerprint density at radius 3 is 2.21 bits per heavy atom. The lowest BCUT2D eigenvalue weighted by Crippen LogP contribution is -2.41. The van der Waals surface area contributed by atoms with Crippen molar-refractivity contribution in [1.82, 2.24) is 15.1 Å². The van der Waals surface area contributed by atoms with Gasteiger partial charge in [-0.1, -0.05) is 0 Å². The molecule has 3 fully saturated rings. The minimum atomic E-state index is 0.945. The van der Waals surface area contributed by atoms with Gasteiger partial charge in [0, 0.05) is 13.1 Å². The van der Waals surface area contributed by atoms with E-state index in [4.69, 9.17) is 0 Å². The summed E-state index contributed by atoms with van der Waals surface area (Å²) < 4.78 is 0. The monoisotopic (exact) mass is 265 g/mol. The Labute approximate surface area is 118 Å². The molecule has 0 aromatic rings. The zero-order chi connectivity index (χ0) is 13.1. The predicted octanol–water partition coefficient (Wildman–Crippen LogP) is 1.65. The quantitative estimate of drug-likeness (QED) is 0.837. The highest BCUT2D eigenvalue weighted by atomic mass is 15.2. The Morgan fingerprint density at radius 1 is 0.895 bits per heavy atom. The minimum Gasteiger partial charge on any atom is -0.317 e. The lowest BCUT2D eigenvalue weighted by molar-refractivity contribution is 0.118. The van der Waals surface area contributed by atoms with E-state index in [9.17, 15) is 0 Å². The fraction of sp³-hybridized carbons (Fsp3) is 1.00. The summed E-state index contributed by atoms with van der Waals surface area (Å²) in [4.78, 5) is 5.24. The second-order valence-corrected chi connectivity index (χ2v) is 7.14. The van der Waals surface area contributed by atoms with Gasteiger partial charge in [0.05, 0.1) is 0 Å². The molecule has 0 aromatic carbocycles. The second kappa shape index (κ2) is 6.55. The summed E-state index contributed by atoms with van der Waals surface area (Å²) in [6.07, 6.45) is 7.21. The number of hydrogen-bond acceptors (Lipinski definition) is 3. The maximum atomic E-state index is 3.50. The highest BCUT2D eigenvalue weighted by molar-refractivity contribution is 4.83. The normalized spacial score (nSPS) is 33.0. The van der Waals surface area contributed by atoms with Crippen LogP contribution in [0.3, 0.4) is 0 Å². The molecule has 0 aromatic heterocycles. The van der Waals surface area contributed by atoms with Crippen molar-refractivity contribution in [2.24, 2.45) is 17.8 Å². The third-order valence-corrected chi connectivity index (χ3v) is 5.69. The summed E-state index contributed by atoms with van der Waals surface area (Å²) in [5.41, 5.74) is 0. The molecule has 1 unspecified atom stereocenters. The van der Waals surface area contributed by atoms with Crippen LogP contribution in [0, 0.1) is 17.8 Å². The smallest absolute Gasteiger partial charge is 0.00224 e. The van der Waals surface area contributed by atoms with Gasteiger partial charge in [-0.15, -0.1) is 0 Å². The summed E-state index contributed by atoms with van der Waals surface area (Å²) in [6.45, 7) is 9.27. The molecule has 3 heterocycles. The van der Waals surface area contributed by atoms with Crippen LogP contribution in [0.25, 0.3) is 0 Å². The number of likely N-dealkylation sites (tertiary alicyclic amines) is 2. The van der Waals surface area contributed by atoms with Crippen molar-refractivity contribution in [1.29, 1.82) is 0 Å². The van der Waals surface area contributed by atoms with Crippen molar-refractivity contribution >= 4 is 0 Å². The lowest BCUT2D eigenvalue weighted by atomic mass is 9.79. The minimum absolute atomic E-state index is 0.945. The van der Waals surface area contributed by atoms with Gasteiger partial charge in [0.25, 0.3) is 0 Å². The molecule has 110 valence electrons. The second-order valence-electron chi connectivity index (χ2n) is 7.14. The highest BCUT2D eigenvalue weighted by Crippen LogP contribution is 2.31. The van der Waals surface area contributed by atoms with Gasteiger partial charge in [-0.3, -0.25) is 0 Å². The molecule has 3 saturated heterocycles. The van der Waals surface area contributed by atoms with Crippen LogP contribution in [0.15, 0.2) is 0 Å². The van der Waals surface area contributed by atoms with Gasteiger partial charge in [0.1, 0.15) is 0 Å². The summed E-state index contributed by atoms with van der Waals surface area (Å²) in [7, 11) is 2.27. The number of nitrogens with one attached hydrogen (secondary N) is 1. The van der Waals surface area contributed by atoms with Crippen LogP contribution in [0.1, 0.15) is 32.1 Å². The zero-order valence-electron chi connectivity index (χ0n) is 12.6. The number of nitrogens with zero attached hydrogens (tertiary/aromatic N) is 2. The largest absolute Gasteiger partial charge is 0.317 e. The van der Waals surface area contributed by atoms with Gasteiger partial charge in [0.15, 0.2) is 0 Å². The molecule has 3 rings (SSSR count). The fourth-order valence-corrected chi connectivity index (χ4v) is 4.46. The number of hydrogen-bond donors (Lipinski definition) is 1. The Kier molecular flexibility index (Phi) is 4.78. The van der Waals surface area contributed by atoms with Crippen LogP contribution in [0.2, 0.25) is 0 Å². The lowest BCUT2D eigenvalue weighted by Gasteiger charge is -2.38. The Morgan fingerprint density at radius 2 is 1.58 bits per heavy atom. The Hall–Kier alpha value is -0.120. The topological polar surface area (TPSA) is 18.5 Å². The fourth-order valence-electron chi connectivity index (χ4n) is 4.46. The Balaban J connectivity index is 1.39. The van der Waals surface area contributed by atoms with Crippen LogP contribution >= 0.6 is 0 Å². The highest BCUT2D eigenvalue weighted by Gasteiger charge is 2.29. The molecule has 1 atom stereocenters. The van der Waals surface area contributed by atoms with Crippen molar-refractivity contribution in [2.45, 2.75) is 32.1 Å². The maximum Gasteiger partial charge on any atom is 0.00224 e. The van der Waals surface area contributed by atoms with Crippen LogP contribution in [0.5, 0.6) is 0 Å². The van der Waals surface area contributed by atoms with Gasteiger partial charge in [0.2, 0.25) is 0 Å². The summed E-state index contributed by atoms with van der Waals surface area (Å²) >= 11 is 0. The molecule has 3 heteroatoms. The van der Waals surface area contributed by atoms with Crippen LogP contribution in [0.4, 0.5) is 0 Å². The molecule has 3 aliphatic heterocycles. The third kappa shape index (κ3) is 3.71. The van der Waals surface area contributed by atoms with Crippen LogP contribution < -0.4 is 5.32 Å². The summed E-state index contributed by atoms with van der Waals surface area (Å²) in [5, 5.41) is 3.50. The summed E-state index contributed by atoms with van der Waals surface area (Å²) in [6, 6.07) is 0. The number of piperidine rings is 2. The van der Waals surface area contributed by atoms with E-state index >= 15 is 0 Å². The van der Waals surface area contributed by atoms with Crippen LogP contribution in [-0.4, -0.2) is 62.7 Å². The molecule has 0 bridgehead atoms. The molecular weight excluding hydrogens is 234 g/mol. The Bertz CT molecular complexity index is 267. The van der Waals surface area contributed by atoms with E-state index in [1.54, 1.807) is 0 Å². The molecule has 0 radical (unpaired) electrons. The van der Waals surface area contributed by atoms with Crippen LogP contribution in [-0.2, 0) is 0 Å². The molecule has 1 N–H and O–H groups in total. The SMILES string of the molecule is CN1CCC(CN2CCC(C3CCNCC3)CC2)C1. The van der Waals surface area contributed by atoms with E-state index in [2.05, 4.69) is 22.2 Å². The van der Waals surface area contributed by atoms with Gasteiger partial charge in [-0.2, -0.15) is 0 Å². The van der Waals surface area contributed by atoms with Crippen molar-refractivity contribution < 1.29 is 0 Å². The van der Waals surface area contributed by atoms with Gasteiger partial charge in [-0.05, 0) is 89.6 Å². The molecule has 0 aliphatic carbocycles. The predicted molar refractivity (Wildman–Crippen MR) is 80.4 cm³/mol. The average Bonchev–Trinajstić information content (AvgIpc) is 2.86. The standard InChI is InChI=1S/C16H31N3/c1-18-9-4-14(12-18)13-19-10-5-16(6-11-19)15-2-7-17-8-3-15/h14-17H,2-13H2,1H3. The van der Waals surface area contributed by atoms with Crippen molar-refractivity contribution in [2.75, 3.05) is 52.9 Å². The first-order chi connectivity index (χ1) is 9.31. The molecule has 0 amide bonds. The molecule has 0 saturated carbocycles. The van der Waals surface area contributed by atoms with Gasteiger partial charge < -0.3 is 15.1 Å². The zero-order valence-corrected chi connectivity index (χ0v) is 12.6. The van der Waals surface area contributed by atoms with E-state index in [1.807, 2.05) is 0 Å². The molecule has 3 nitrogen and oxygen atoms in total. The van der Waals surface area contributed by atoms with E-state index in [0.717, 1.165) is 17.8 Å². The van der Waals surface area contributed by atoms with E-state index < -0.39 is 0 Å².